The molecule has 0 saturated carbocycles. The first-order valence-corrected chi connectivity index (χ1v) is 9.22. The maximum Gasteiger partial charge on any atom is 0.416 e. The SMILES string of the molecule is Cc1cccc(-n2c(C)nnc2SCC(O)c2ccccc2C(F)(F)F)c1. The topological polar surface area (TPSA) is 50.9 Å². The molecule has 3 aromatic rings. The van der Waals surface area contributed by atoms with Gasteiger partial charge < -0.3 is 5.11 Å². The van der Waals surface area contributed by atoms with Crippen LogP contribution in [0.15, 0.2) is 53.7 Å². The van der Waals surface area contributed by atoms with Crippen molar-refractivity contribution in [1.82, 2.24) is 14.8 Å². The Hall–Kier alpha value is -2.32. The van der Waals surface area contributed by atoms with Gasteiger partial charge in [-0.3, -0.25) is 4.57 Å². The monoisotopic (exact) mass is 393 g/mol. The lowest BCUT2D eigenvalue weighted by Gasteiger charge is -2.17. The van der Waals surface area contributed by atoms with Crippen LogP contribution in [0.1, 0.15) is 28.6 Å². The van der Waals surface area contributed by atoms with E-state index in [2.05, 4.69) is 10.2 Å². The van der Waals surface area contributed by atoms with Gasteiger partial charge in [0.05, 0.1) is 11.7 Å². The van der Waals surface area contributed by atoms with Crippen LogP contribution in [0.4, 0.5) is 13.2 Å². The molecule has 0 aliphatic heterocycles. The molecule has 0 spiro atoms. The zero-order valence-electron chi connectivity index (χ0n) is 14.7. The molecule has 1 atom stereocenters. The molecule has 2 aromatic carbocycles. The molecule has 27 heavy (non-hydrogen) atoms. The Balaban J connectivity index is 1.83. The summed E-state index contributed by atoms with van der Waals surface area (Å²) in [7, 11) is 0. The minimum absolute atomic E-state index is 0.0248. The molecule has 0 amide bonds. The molecular weight excluding hydrogens is 375 g/mol. The largest absolute Gasteiger partial charge is 0.416 e. The van der Waals surface area contributed by atoms with Crippen molar-refractivity contribution in [2.24, 2.45) is 0 Å². The lowest BCUT2D eigenvalue weighted by Crippen LogP contribution is -2.13. The van der Waals surface area contributed by atoms with Gasteiger partial charge in [-0.2, -0.15) is 13.2 Å². The lowest BCUT2D eigenvalue weighted by molar-refractivity contribution is -0.139. The zero-order valence-corrected chi connectivity index (χ0v) is 15.6. The van der Waals surface area contributed by atoms with Gasteiger partial charge in [0.15, 0.2) is 5.16 Å². The molecule has 4 nitrogen and oxygen atoms in total. The first kappa shape index (κ1) is 19.4. The van der Waals surface area contributed by atoms with Crippen LogP contribution >= 0.6 is 11.8 Å². The Labute approximate surface area is 159 Å². The summed E-state index contributed by atoms with van der Waals surface area (Å²) < 4.78 is 41.3. The minimum atomic E-state index is -4.51. The number of nitrogens with zero attached hydrogens (tertiary/aromatic N) is 3. The number of benzene rings is 2. The highest BCUT2D eigenvalue weighted by Crippen LogP contribution is 2.36. The van der Waals surface area contributed by atoms with Crippen molar-refractivity contribution >= 4 is 11.8 Å². The number of thioether (sulfide) groups is 1. The normalized spacial score (nSPS) is 13.0. The number of alkyl halides is 3. The minimum Gasteiger partial charge on any atom is -0.388 e. The molecule has 0 bridgehead atoms. The highest BCUT2D eigenvalue weighted by atomic mass is 32.2. The summed E-state index contributed by atoms with van der Waals surface area (Å²) in [5.74, 6) is 0.685. The predicted molar refractivity (Wildman–Crippen MR) is 98.0 cm³/mol. The maximum absolute atomic E-state index is 13.2. The summed E-state index contributed by atoms with van der Waals surface area (Å²) in [6.45, 7) is 3.77. The summed E-state index contributed by atoms with van der Waals surface area (Å²) in [4.78, 5) is 0. The van der Waals surface area contributed by atoms with E-state index >= 15 is 0 Å². The van der Waals surface area contributed by atoms with Gasteiger partial charge in [0.25, 0.3) is 0 Å². The molecule has 0 fully saturated rings. The van der Waals surface area contributed by atoms with Crippen molar-refractivity contribution in [3.8, 4) is 5.69 Å². The highest BCUT2D eigenvalue weighted by Gasteiger charge is 2.34. The Bertz CT molecular complexity index is 940. The number of aliphatic hydroxyl groups excluding tert-OH is 1. The van der Waals surface area contributed by atoms with Crippen LogP contribution < -0.4 is 0 Å². The average molecular weight is 393 g/mol. The van der Waals surface area contributed by atoms with Crippen LogP contribution in [0.5, 0.6) is 0 Å². The van der Waals surface area contributed by atoms with Gasteiger partial charge in [0, 0.05) is 11.4 Å². The van der Waals surface area contributed by atoms with Gasteiger partial charge in [-0.05, 0) is 43.2 Å². The van der Waals surface area contributed by atoms with E-state index < -0.39 is 17.8 Å². The van der Waals surface area contributed by atoms with Crippen LogP contribution in [0, 0.1) is 13.8 Å². The molecular formula is C19H18F3N3OS. The maximum atomic E-state index is 13.2. The number of hydrogen-bond acceptors (Lipinski definition) is 4. The fourth-order valence-electron chi connectivity index (χ4n) is 2.79. The first-order valence-electron chi connectivity index (χ1n) is 8.23. The molecule has 142 valence electrons. The Morgan fingerprint density at radius 1 is 1.07 bits per heavy atom. The van der Waals surface area contributed by atoms with Crippen LogP contribution in [0.2, 0.25) is 0 Å². The quantitative estimate of drug-likeness (QED) is 0.637. The zero-order chi connectivity index (χ0) is 19.6. The number of aryl methyl sites for hydroxylation is 2. The number of aromatic nitrogens is 3. The number of halogens is 3. The fourth-order valence-corrected chi connectivity index (χ4v) is 3.74. The van der Waals surface area contributed by atoms with E-state index in [0.717, 1.165) is 29.1 Å². The average Bonchev–Trinajstić information content (AvgIpc) is 2.99. The Morgan fingerprint density at radius 3 is 2.52 bits per heavy atom. The van der Waals surface area contributed by atoms with E-state index in [1.54, 1.807) is 6.92 Å². The third kappa shape index (κ3) is 4.33. The van der Waals surface area contributed by atoms with Crippen molar-refractivity contribution < 1.29 is 18.3 Å². The van der Waals surface area contributed by atoms with Gasteiger partial charge in [-0.15, -0.1) is 10.2 Å². The first-order chi connectivity index (χ1) is 12.8. The van der Waals surface area contributed by atoms with E-state index in [1.165, 1.54) is 18.2 Å². The van der Waals surface area contributed by atoms with Gasteiger partial charge in [-0.25, -0.2) is 0 Å². The molecule has 1 unspecified atom stereocenters. The molecule has 0 radical (unpaired) electrons. The van der Waals surface area contributed by atoms with Crippen molar-refractivity contribution in [3.05, 3.63) is 71.0 Å². The van der Waals surface area contributed by atoms with E-state index in [-0.39, 0.29) is 11.3 Å². The van der Waals surface area contributed by atoms with Crippen LogP contribution in [0.25, 0.3) is 5.69 Å². The molecule has 0 aliphatic carbocycles. The molecule has 3 rings (SSSR count). The molecule has 1 heterocycles. The third-order valence-electron chi connectivity index (χ3n) is 4.05. The van der Waals surface area contributed by atoms with Crippen LogP contribution in [-0.2, 0) is 6.18 Å². The third-order valence-corrected chi connectivity index (χ3v) is 5.06. The van der Waals surface area contributed by atoms with E-state index in [4.69, 9.17) is 0 Å². The van der Waals surface area contributed by atoms with Crippen molar-refractivity contribution in [1.29, 1.82) is 0 Å². The standard InChI is InChI=1S/C19H18F3N3OS/c1-12-6-5-7-14(10-12)25-13(2)23-24-18(25)27-11-17(26)15-8-3-4-9-16(15)19(20,21)22/h3-10,17,26H,11H2,1-2H3. The summed E-state index contributed by atoms with van der Waals surface area (Å²) in [6, 6.07) is 12.8. The number of rotatable bonds is 5. The van der Waals surface area contributed by atoms with Crippen molar-refractivity contribution in [2.45, 2.75) is 31.3 Å². The Kier molecular flexibility index (Phi) is 5.57. The van der Waals surface area contributed by atoms with Crippen LogP contribution in [-0.4, -0.2) is 25.6 Å². The second-order valence-electron chi connectivity index (χ2n) is 6.12. The predicted octanol–water partition coefficient (Wildman–Crippen LogP) is 4.73. The van der Waals surface area contributed by atoms with Gasteiger partial charge in [0.1, 0.15) is 5.82 Å². The summed E-state index contributed by atoms with van der Waals surface area (Å²) in [6.07, 6.45) is -5.80. The second-order valence-corrected chi connectivity index (χ2v) is 7.10. The fraction of sp³-hybridized carbons (Fsp3) is 0.263. The van der Waals surface area contributed by atoms with E-state index in [0.29, 0.717) is 11.0 Å². The molecule has 1 N–H and O–H groups in total. The second kappa shape index (κ2) is 7.74. The smallest absolute Gasteiger partial charge is 0.388 e. The highest BCUT2D eigenvalue weighted by molar-refractivity contribution is 7.99. The van der Waals surface area contributed by atoms with Crippen molar-refractivity contribution in [2.75, 3.05) is 5.75 Å². The van der Waals surface area contributed by atoms with Crippen molar-refractivity contribution in [3.63, 3.8) is 0 Å². The molecule has 0 saturated heterocycles. The molecule has 1 aromatic heterocycles. The lowest BCUT2D eigenvalue weighted by atomic mass is 10.0. The Morgan fingerprint density at radius 2 is 1.81 bits per heavy atom. The number of hydrogen-bond donors (Lipinski definition) is 1. The summed E-state index contributed by atoms with van der Waals surface area (Å²) in [5, 5.41) is 19.0. The van der Waals surface area contributed by atoms with E-state index in [1.807, 2.05) is 35.8 Å². The van der Waals surface area contributed by atoms with E-state index in [9.17, 15) is 18.3 Å². The summed E-state index contributed by atoms with van der Waals surface area (Å²) >= 11 is 1.16. The van der Waals surface area contributed by atoms with Gasteiger partial charge in [0.2, 0.25) is 0 Å². The van der Waals surface area contributed by atoms with Gasteiger partial charge in [-0.1, -0.05) is 42.1 Å². The van der Waals surface area contributed by atoms with Gasteiger partial charge >= 0.3 is 6.18 Å². The summed E-state index contributed by atoms with van der Waals surface area (Å²) in [5.41, 5.74) is 0.964. The van der Waals surface area contributed by atoms with Crippen LogP contribution in [0.3, 0.4) is 0 Å². The number of aliphatic hydroxyl groups is 1. The molecule has 8 heteroatoms. The molecule has 0 aliphatic rings.